The fourth-order valence-corrected chi connectivity index (χ4v) is 4.85. The van der Waals surface area contributed by atoms with E-state index in [1.807, 2.05) is 13.1 Å². The minimum absolute atomic E-state index is 0.538. The van der Waals surface area contributed by atoms with Gasteiger partial charge in [-0.05, 0) is 73.1 Å². The third-order valence-corrected chi connectivity index (χ3v) is 6.41. The van der Waals surface area contributed by atoms with Crippen LogP contribution in [-0.4, -0.2) is 35.2 Å². The Balaban J connectivity index is 1.60. The summed E-state index contributed by atoms with van der Waals surface area (Å²) in [6, 6.07) is 10.6. The van der Waals surface area contributed by atoms with Crippen molar-refractivity contribution in [3.63, 3.8) is 0 Å². The maximum atomic E-state index is 5.79. The van der Waals surface area contributed by atoms with Crippen LogP contribution in [0.1, 0.15) is 30.1 Å². The summed E-state index contributed by atoms with van der Waals surface area (Å²) in [4.78, 5) is 13.0. The molecular formula is C23H23BrN4O. The monoisotopic (exact) mass is 450 g/mol. The van der Waals surface area contributed by atoms with Crippen LogP contribution in [-0.2, 0) is 0 Å². The number of ether oxygens (including phenoxy) is 1. The number of halogens is 1. The molecule has 1 fully saturated rings. The van der Waals surface area contributed by atoms with Gasteiger partial charge in [0.1, 0.15) is 5.75 Å². The van der Waals surface area contributed by atoms with Gasteiger partial charge >= 0.3 is 0 Å². The molecule has 0 bridgehead atoms. The molecule has 1 aromatic carbocycles. The topological polar surface area (TPSA) is 62.8 Å². The zero-order chi connectivity index (χ0) is 20.0. The summed E-state index contributed by atoms with van der Waals surface area (Å²) in [6.07, 6.45) is 4.17. The summed E-state index contributed by atoms with van der Waals surface area (Å²) in [7, 11) is 1.71. The molecule has 29 heavy (non-hydrogen) atoms. The van der Waals surface area contributed by atoms with Gasteiger partial charge in [-0.2, -0.15) is 0 Å². The molecule has 2 N–H and O–H groups in total. The van der Waals surface area contributed by atoms with Crippen molar-refractivity contribution in [1.82, 2.24) is 20.3 Å². The fourth-order valence-electron chi connectivity index (χ4n) is 4.31. The first kappa shape index (κ1) is 18.6. The molecule has 0 aliphatic carbocycles. The van der Waals surface area contributed by atoms with Crippen molar-refractivity contribution >= 4 is 37.7 Å². The van der Waals surface area contributed by atoms with E-state index >= 15 is 0 Å². The number of hydrogen-bond donors (Lipinski definition) is 2. The summed E-state index contributed by atoms with van der Waals surface area (Å²) in [5.74, 6) is 1.37. The van der Waals surface area contributed by atoms with E-state index in [0.29, 0.717) is 5.92 Å². The Morgan fingerprint density at radius 3 is 2.76 bits per heavy atom. The van der Waals surface area contributed by atoms with E-state index in [1.54, 1.807) is 7.11 Å². The number of nitrogens with zero attached hydrogens (tertiary/aromatic N) is 2. The zero-order valence-electron chi connectivity index (χ0n) is 16.6. The highest BCUT2D eigenvalue weighted by Gasteiger charge is 2.19. The minimum Gasteiger partial charge on any atom is -0.495 e. The number of hydrogen-bond acceptors (Lipinski definition) is 4. The Labute approximate surface area is 178 Å². The lowest BCUT2D eigenvalue weighted by molar-refractivity contribution is 0.421. The second-order valence-corrected chi connectivity index (χ2v) is 8.56. The van der Waals surface area contributed by atoms with E-state index in [-0.39, 0.29) is 0 Å². The Morgan fingerprint density at radius 2 is 1.97 bits per heavy atom. The molecule has 0 saturated carbocycles. The molecule has 5 nitrogen and oxygen atoms in total. The molecule has 148 valence electrons. The normalized spacial score (nSPS) is 15.3. The van der Waals surface area contributed by atoms with Crippen molar-refractivity contribution < 1.29 is 4.74 Å². The van der Waals surface area contributed by atoms with Gasteiger partial charge in [0, 0.05) is 38.1 Å². The van der Waals surface area contributed by atoms with Crippen LogP contribution in [0.15, 0.2) is 41.0 Å². The number of pyridine rings is 2. The zero-order valence-corrected chi connectivity index (χ0v) is 18.1. The van der Waals surface area contributed by atoms with Crippen molar-refractivity contribution in [2.24, 2.45) is 0 Å². The standard InChI is InChI=1S/C23H23BrN4O/c1-13-9-17-22(27-13)18(24)11-16(23(17)29-2)20-10-15-3-4-19(28-21(15)12-26-20)14-5-7-25-8-6-14/h3-4,9-12,14,25,27H,5-8H2,1-2H3. The van der Waals surface area contributed by atoms with Gasteiger partial charge in [0.2, 0.25) is 0 Å². The molecule has 1 aliphatic heterocycles. The first-order chi connectivity index (χ1) is 14.1. The number of rotatable bonds is 3. The third kappa shape index (κ3) is 3.30. The maximum absolute atomic E-state index is 5.79. The molecule has 4 aromatic rings. The quantitative estimate of drug-likeness (QED) is 0.442. The second kappa shape index (κ2) is 7.43. The first-order valence-electron chi connectivity index (χ1n) is 9.97. The average Bonchev–Trinajstić information content (AvgIpc) is 3.15. The van der Waals surface area contributed by atoms with Gasteiger partial charge in [0.05, 0.1) is 30.0 Å². The summed E-state index contributed by atoms with van der Waals surface area (Å²) in [5.41, 5.74) is 6.11. The largest absolute Gasteiger partial charge is 0.495 e. The minimum atomic E-state index is 0.538. The van der Waals surface area contributed by atoms with Crippen LogP contribution in [0.3, 0.4) is 0 Å². The third-order valence-electron chi connectivity index (χ3n) is 5.79. The van der Waals surface area contributed by atoms with Crippen LogP contribution in [0.4, 0.5) is 0 Å². The molecule has 0 atom stereocenters. The number of methoxy groups -OCH3 is 1. The predicted molar refractivity (Wildman–Crippen MR) is 121 cm³/mol. The van der Waals surface area contributed by atoms with Crippen molar-refractivity contribution in [1.29, 1.82) is 0 Å². The van der Waals surface area contributed by atoms with E-state index in [2.05, 4.69) is 56.6 Å². The smallest absolute Gasteiger partial charge is 0.137 e. The number of aromatic nitrogens is 3. The Hall–Kier alpha value is -2.44. The van der Waals surface area contributed by atoms with Crippen LogP contribution in [0, 0.1) is 6.92 Å². The summed E-state index contributed by atoms with van der Waals surface area (Å²) in [6.45, 7) is 4.18. The Kier molecular flexibility index (Phi) is 4.76. The van der Waals surface area contributed by atoms with Gasteiger partial charge in [-0.1, -0.05) is 6.07 Å². The van der Waals surface area contributed by atoms with E-state index in [4.69, 9.17) is 14.7 Å². The number of H-pyrrole nitrogens is 1. The first-order valence-corrected chi connectivity index (χ1v) is 10.8. The van der Waals surface area contributed by atoms with Gasteiger partial charge in [0.25, 0.3) is 0 Å². The number of aryl methyl sites for hydroxylation is 1. The van der Waals surface area contributed by atoms with Crippen molar-refractivity contribution in [2.75, 3.05) is 20.2 Å². The lowest BCUT2D eigenvalue weighted by Gasteiger charge is -2.22. The van der Waals surface area contributed by atoms with Gasteiger partial charge in [-0.3, -0.25) is 9.97 Å². The van der Waals surface area contributed by atoms with Gasteiger partial charge < -0.3 is 15.0 Å². The van der Waals surface area contributed by atoms with Crippen LogP contribution in [0.25, 0.3) is 33.1 Å². The number of nitrogens with one attached hydrogen (secondary N) is 2. The molecular weight excluding hydrogens is 428 g/mol. The molecule has 0 spiro atoms. The van der Waals surface area contributed by atoms with E-state index in [1.165, 1.54) is 5.69 Å². The van der Waals surface area contributed by atoms with Gasteiger partial charge in [-0.15, -0.1) is 0 Å². The molecule has 0 radical (unpaired) electrons. The maximum Gasteiger partial charge on any atom is 0.137 e. The van der Waals surface area contributed by atoms with Crippen LogP contribution >= 0.6 is 15.9 Å². The van der Waals surface area contributed by atoms with Crippen molar-refractivity contribution in [3.8, 4) is 17.0 Å². The molecule has 1 saturated heterocycles. The average molecular weight is 451 g/mol. The molecule has 0 unspecified atom stereocenters. The SMILES string of the molecule is COc1c(-c2cc3ccc(C4CCNCC4)nc3cn2)cc(Br)c2[nH]c(C)cc12. The summed E-state index contributed by atoms with van der Waals surface area (Å²) >= 11 is 3.69. The molecule has 3 aromatic heterocycles. The number of aromatic amines is 1. The van der Waals surface area contributed by atoms with Crippen LogP contribution in [0.2, 0.25) is 0 Å². The summed E-state index contributed by atoms with van der Waals surface area (Å²) in [5, 5.41) is 5.56. The molecule has 5 rings (SSSR count). The Bertz CT molecular complexity index is 1210. The number of piperidine rings is 1. The van der Waals surface area contributed by atoms with Crippen molar-refractivity contribution in [3.05, 3.63) is 52.4 Å². The second-order valence-electron chi connectivity index (χ2n) is 7.70. The van der Waals surface area contributed by atoms with E-state index in [9.17, 15) is 0 Å². The lowest BCUT2D eigenvalue weighted by Crippen LogP contribution is -2.27. The molecule has 6 heteroatoms. The highest BCUT2D eigenvalue weighted by molar-refractivity contribution is 9.10. The molecule has 0 amide bonds. The highest BCUT2D eigenvalue weighted by Crippen LogP contribution is 2.41. The fraction of sp³-hybridized carbons (Fsp3) is 0.304. The van der Waals surface area contributed by atoms with E-state index < -0.39 is 0 Å². The van der Waals surface area contributed by atoms with Crippen LogP contribution in [0.5, 0.6) is 5.75 Å². The summed E-state index contributed by atoms with van der Waals surface area (Å²) < 4.78 is 6.79. The van der Waals surface area contributed by atoms with Gasteiger partial charge in [0.15, 0.2) is 0 Å². The van der Waals surface area contributed by atoms with Gasteiger partial charge in [-0.25, -0.2) is 0 Å². The highest BCUT2D eigenvalue weighted by atomic mass is 79.9. The molecule has 4 heterocycles. The van der Waals surface area contributed by atoms with E-state index in [0.717, 1.165) is 74.9 Å². The van der Waals surface area contributed by atoms with Crippen LogP contribution < -0.4 is 10.1 Å². The predicted octanol–water partition coefficient (Wildman–Crippen LogP) is 5.32. The number of fused-ring (bicyclic) bond motifs is 2. The number of benzene rings is 1. The Morgan fingerprint density at radius 1 is 1.14 bits per heavy atom. The van der Waals surface area contributed by atoms with Crippen molar-refractivity contribution in [2.45, 2.75) is 25.7 Å². The lowest BCUT2D eigenvalue weighted by atomic mass is 9.94. The molecule has 1 aliphatic rings.